The van der Waals surface area contributed by atoms with Gasteiger partial charge in [0.15, 0.2) is 5.13 Å². The average Bonchev–Trinajstić information content (AvgIpc) is 3.20. The molecule has 0 unspecified atom stereocenters. The maximum absolute atomic E-state index is 13.0. The third-order valence-corrected chi connectivity index (χ3v) is 8.23. The number of carbonyl (C=O) groups is 1. The van der Waals surface area contributed by atoms with Crippen LogP contribution >= 0.6 is 11.3 Å². The van der Waals surface area contributed by atoms with Crippen molar-refractivity contribution in [3.63, 3.8) is 0 Å². The summed E-state index contributed by atoms with van der Waals surface area (Å²) < 4.78 is 37.3. The maximum Gasteiger partial charge on any atom is 0.257 e. The van der Waals surface area contributed by atoms with Crippen LogP contribution in [0.5, 0.6) is 0 Å². The van der Waals surface area contributed by atoms with Crippen LogP contribution in [0, 0.1) is 0 Å². The van der Waals surface area contributed by atoms with Crippen LogP contribution in [0.2, 0.25) is 0 Å². The monoisotopic (exact) mass is 482 g/mol. The van der Waals surface area contributed by atoms with E-state index in [1.54, 1.807) is 0 Å². The van der Waals surface area contributed by atoms with E-state index in [1.165, 1.54) is 59.0 Å². The van der Waals surface area contributed by atoms with E-state index in [4.69, 9.17) is 9.47 Å². The standard InChI is InChI=1S/C21H30N4O5S2/c1-4-24-10-9-18-19(15-24)31-21(22-18)23-20(26)16-5-7-17(8-6-16)32(27,28)25(11-13-29-2)12-14-30-3/h5-8H,4,9-15H2,1-3H3,(H,22,23,26). The lowest BCUT2D eigenvalue weighted by atomic mass is 10.2. The minimum Gasteiger partial charge on any atom is -0.383 e. The molecule has 32 heavy (non-hydrogen) atoms. The summed E-state index contributed by atoms with van der Waals surface area (Å²) in [4.78, 5) is 20.9. The summed E-state index contributed by atoms with van der Waals surface area (Å²) in [5.41, 5.74) is 1.41. The Labute approximate surface area is 193 Å². The first-order chi connectivity index (χ1) is 15.4. The second kappa shape index (κ2) is 11.3. The van der Waals surface area contributed by atoms with E-state index >= 15 is 0 Å². The van der Waals surface area contributed by atoms with Crippen molar-refractivity contribution in [1.82, 2.24) is 14.2 Å². The number of amides is 1. The summed E-state index contributed by atoms with van der Waals surface area (Å²) >= 11 is 1.49. The third-order valence-electron chi connectivity index (χ3n) is 5.32. The van der Waals surface area contributed by atoms with E-state index < -0.39 is 10.0 Å². The van der Waals surface area contributed by atoms with Gasteiger partial charge < -0.3 is 9.47 Å². The zero-order valence-electron chi connectivity index (χ0n) is 18.7. The van der Waals surface area contributed by atoms with Crippen LogP contribution in [-0.4, -0.2) is 82.1 Å². The number of hydrogen-bond acceptors (Lipinski definition) is 8. The average molecular weight is 483 g/mol. The zero-order chi connectivity index (χ0) is 23.1. The Bertz CT molecular complexity index is 1000. The minimum absolute atomic E-state index is 0.116. The Morgan fingerprint density at radius 3 is 2.44 bits per heavy atom. The third kappa shape index (κ3) is 5.91. The second-order valence-corrected chi connectivity index (χ2v) is 10.4. The Balaban J connectivity index is 1.69. The van der Waals surface area contributed by atoms with Crippen molar-refractivity contribution in [3.8, 4) is 0 Å². The normalized spacial score (nSPS) is 14.5. The number of methoxy groups -OCH3 is 2. The quantitative estimate of drug-likeness (QED) is 0.523. The zero-order valence-corrected chi connectivity index (χ0v) is 20.3. The summed E-state index contributed by atoms with van der Waals surface area (Å²) in [7, 11) is -0.688. The molecule has 1 N–H and O–H groups in total. The predicted octanol–water partition coefficient (Wildman–Crippen LogP) is 2.06. The summed E-state index contributed by atoms with van der Waals surface area (Å²) in [6.45, 7) is 5.93. The van der Waals surface area contributed by atoms with E-state index in [2.05, 4.69) is 22.1 Å². The molecule has 0 bridgehead atoms. The first-order valence-electron chi connectivity index (χ1n) is 10.5. The van der Waals surface area contributed by atoms with Crippen molar-refractivity contribution < 1.29 is 22.7 Å². The number of hydrogen-bond donors (Lipinski definition) is 1. The second-order valence-electron chi connectivity index (χ2n) is 7.38. The molecule has 1 aromatic heterocycles. The van der Waals surface area contributed by atoms with Gasteiger partial charge in [0.25, 0.3) is 5.91 Å². The molecule has 1 aliphatic heterocycles. The van der Waals surface area contributed by atoms with Crippen LogP contribution in [0.15, 0.2) is 29.2 Å². The molecule has 0 spiro atoms. The first kappa shape index (κ1) is 24.7. The number of anilines is 1. The van der Waals surface area contributed by atoms with Crippen molar-refractivity contribution in [1.29, 1.82) is 0 Å². The molecule has 1 aliphatic rings. The van der Waals surface area contributed by atoms with Crippen LogP contribution in [0.4, 0.5) is 5.13 Å². The maximum atomic E-state index is 13.0. The van der Waals surface area contributed by atoms with Gasteiger partial charge in [-0.05, 0) is 30.8 Å². The number of rotatable bonds is 11. The lowest BCUT2D eigenvalue weighted by Gasteiger charge is -2.23. The fourth-order valence-electron chi connectivity index (χ4n) is 3.41. The molecule has 0 atom stereocenters. The molecule has 0 radical (unpaired) electrons. The van der Waals surface area contributed by atoms with E-state index in [0.717, 1.165) is 31.7 Å². The highest BCUT2D eigenvalue weighted by Gasteiger charge is 2.25. The number of benzene rings is 1. The molecule has 0 saturated heterocycles. The van der Waals surface area contributed by atoms with Crippen LogP contribution in [0.1, 0.15) is 27.9 Å². The van der Waals surface area contributed by atoms with E-state index in [1.807, 2.05) is 0 Å². The van der Waals surface area contributed by atoms with Crippen molar-refractivity contribution in [2.24, 2.45) is 0 Å². The van der Waals surface area contributed by atoms with Gasteiger partial charge in [-0.2, -0.15) is 4.31 Å². The van der Waals surface area contributed by atoms with Crippen LogP contribution in [0.3, 0.4) is 0 Å². The van der Waals surface area contributed by atoms with Crippen molar-refractivity contribution >= 4 is 32.4 Å². The van der Waals surface area contributed by atoms with Crippen LogP contribution in [-0.2, 0) is 32.5 Å². The number of carbonyl (C=O) groups excluding carboxylic acids is 1. The van der Waals surface area contributed by atoms with Gasteiger partial charge in [0, 0.05) is 57.3 Å². The Morgan fingerprint density at radius 1 is 1.19 bits per heavy atom. The molecule has 2 aromatic rings. The van der Waals surface area contributed by atoms with E-state index in [9.17, 15) is 13.2 Å². The predicted molar refractivity (Wildman–Crippen MR) is 124 cm³/mol. The SMILES string of the molecule is CCN1CCc2nc(NC(=O)c3ccc(S(=O)(=O)N(CCOC)CCOC)cc3)sc2C1. The van der Waals surface area contributed by atoms with Gasteiger partial charge in [-0.3, -0.25) is 15.0 Å². The highest BCUT2D eigenvalue weighted by atomic mass is 32.2. The molecule has 3 rings (SSSR count). The lowest BCUT2D eigenvalue weighted by Crippen LogP contribution is -2.36. The molecular formula is C21H30N4O5S2. The van der Waals surface area contributed by atoms with Gasteiger partial charge >= 0.3 is 0 Å². The molecule has 11 heteroatoms. The fraction of sp³-hybridized carbons (Fsp3) is 0.524. The number of thiazole rings is 1. The summed E-state index contributed by atoms with van der Waals surface area (Å²) in [6.07, 6.45) is 0.880. The van der Waals surface area contributed by atoms with Crippen molar-refractivity contribution in [2.75, 3.05) is 58.9 Å². The van der Waals surface area contributed by atoms with E-state index in [-0.39, 0.29) is 37.1 Å². The number of sulfonamides is 1. The number of nitrogens with zero attached hydrogens (tertiary/aromatic N) is 3. The number of likely N-dealkylation sites (N-methyl/N-ethyl adjacent to an activating group) is 1. The summed E-state index contributed by atoms with van der Waals surface area (Å²) in [5, 5.41) is 3.41. The number of nitrogens with one attached hydrogen (secondary N) is 1. The van der Waals surface area contributed by atoms with Crippen molar-refractivity contribution in [2.45, 2.75) is 24.8 Å². The highest BCUT2D eigenvalue weighted by Crippen LogP contribution is 2.28. The topological polar surface area (TPSA) is 101 Å². The van der Waals surface area contributed by atoms with Gasteiger partial charge in [0.05, 0.1) is 23.8 Å². The summed E-state index contributed by atoms with van der Waals surface area (Å²) in [5.74, 6) is -0.317. The highest BCUT2D eigenvalue weighted by molar-refractivity contribution is 7.89. The Kier molecular flexibility index (Phi) is 8.74. The van der Waals surface area contributed by atoms with Gasteiger partial charge in [0.1, 0.15) is 0 Å². The van der Waals surface area contributed by atoms with Gasteiger partial charge in [-0.25, -0.2) is 13.4 Å². The first-order valence-corrected chi connectivity index (χ1v) is 12.7. The lowest BCUT2D eigenvalue weighted by molar-refractivity contribution is 0.102. The van der Waals surface area contributed by atoms with Crippen LogP contribution in [0.25, 0.3) is 0 Å². The number of fused-ring (bicyclic) bond motifs is 1. The largest absolute Gasteiger partial charge is 0.383 e. The number of ether oxygens (including phenoxy) is 2. The fourth-order valence-corrected chi connectivity index (χ4v) is 5.86. The van der Waals surface area contributed by atoms with Gasteiger partial charge in [0.2, 0.25) is 10.0 Å². The minimum atomic E-state index is -3.73. The summed E-state index contributed by atoms with van der Waals surface area (Å²) in [6, 6.07) is 5.92. The molecule has 2 heterocycles. The smallest absolute Gasteiger partial charge is 0.257 e. The molecule has 176 valence electrons. The van der Waals surface area contributed by atoms with Gasteiger partial charge in [-0.1, -0.05) is 6.92 Å². The molecule has 0 saturated carbocycles. The van der Waals surface area contributed by atoms with Crippen LogP contribution < -0.4 is 5.32 Å². The number of aromatic nitrogens is 1. The van der Waals surface area contributed by atoms with E-state index in [0.29, 0.717) is 10.7 Å². The van der Waals surface area contributed by atoms with Crippen molar-refractivity contribution in [3.05, 3.63) is 40.4 Å². The Hall–Kier alpha value is -1.89. The molecule has 0 fully saturated rings. The molecular weight excluding hydrogens is 452 g/mol. The molecule has 1 aromatic carbocycles. The molecule has 1 amide bonds. The Morgan fingerprint density at radius 2 is 1.84 bits per heavy atom. The molecule has 0 aliphatic carbocycles. The van der Waals surface area contributed by atoms with Gasteiger partial charge in [-0.15, -0.1) is 11.3 Å². The molecule has 9 nitrogen and oxygen atoms in total.